The van der Waals surface area contributed by atoms with Gasteiger partial charge >= 0.3 is 6.18 Å². The van der Waals surface area contributed by atoms with Gasteiger partial charge in [0.1, 0.15) is 5.54 Å². The van der Waals surface area contributed by atoms with Crippen LogP contribution in [0.1, 0.15) is 36.6 Å². The molecule has 4 nitrogen and oxygen atoms in total. The zero-order valence-electron chi connectivity index (χ0n) is 14.9. The second-order valence-electron chi connectivity index (χ2n) is 7.34. The third-order valence-corrected chi connectivity index (χ3v) is 5.60. The molecule has 0 unspecified atom stereocenters. The van der Waals surface area contributed by atoms with Crippen molar-refractivity contribution in [2.24, 2.45) is 0 Å². The fraction of sp³-hybridized carbons (Fsp3) is 0.400. The number of likely N-dealkylation sites (tertiary alicyclic amines) is 1. The molecule has 2 aromatic rings. The Bertz CT molecular complexity index is 883. The van der Waals surface area contributed by atoms with Crippen LogP contribution in [0, 0.1) is 0 Å². The third-order valence-electron chi connectivity index (χ3n) is 5.60. The first kappa shape index (κ1) is 18.0. The molecule has 2 saturated heterocycles. The molecule has 0 bridgehead atoms. The van der Waals surface area contributed by atoms with Gasteiger partial charge in [0.25, 0.3) is 0 Å². The molecule has 2 aliphatic rings. The molecule has 142 valence electrons. The summed E-state index contributed by atoms with van der Waals surface area (Å²) in [6, 6.07) is 8.73. The number of halogens is 3. The summed E-state index contributed by atoms with van der Waals surface area (Å²) in [5.41, 5.74) is 0.745. The quantitative estimate of drug-likeness (QED) is 0.869. The number of nitrogens with zero attached hydrogens (tertiary/aromatic N) is 2. The van der Waals surface area contributed by atoms with Crippen molar-refractivity contribution in [1.29, 1.82) is 0 Å². The Labute approximate surface area is 155 Å². The molecule has 1 N–H and O–H groups in total. The van der Waals surface area contributed by atoms with Gasteiger partial charge in [0.2, 0.25) is 5.91 Å². The number of carbonyl (C=O) groups is 1. The first-order valence-corrected chi connectivity index (χ1v) is 8.95. The first-order chi connectivity index (χ1) is 12.8. The molecular weight excluding hydrogens is 355 g/mol. The van der Waals surface area contributed by atoms with Gasteiger partial charge in [0, 0.05) is 19.8 Å². The Kier molecular flexibility index (Phi) is 4.22. The minimum atomic E-state index is -4.37. The Balaban J connectivity index is 1.60. The summed E-state index contributed by atoms with van der Waals surface area (Å²) < 4.78 is 39.0. The standard InChI is InChI=1S/C20H20F3N3O/c1-26-10-8-19(18(26)27)7-5-16(25-19)17-12-14(6-9-24-17)13-3-2-4-15(11-13)20(21,22)23/h2-4,6,9,11-12,16,25H,5,7-8,10H2,1H3/t16-,19+/m1/s1. The van der Waals surface area contributed by atoms with Crippen LogP contribution in [0.3, 0.4) is 0 Å². The average Bonchev–Trinajstić information content (AvgIpc) is 3.21. The number of pyridine rings is 1. The van der Waals surface area contributed by atoms with Crippen LogP contribution in [0.2, 0.25) is 0 Å². The van der Waals surface area contributed by atoms with Gasteiger partial charge in [-0.25, -0.2) is 0 Å². The van der Waals surface area contributed by atoms with Crippen molar-refractivity contribution < 1.29 is 18.0 Å². The molecule has 0 aliphatic carbocycles. The van der Waals surface area contributed by atoms with E-state index in [2.05, 4.69) is 10.3 Å². The number of aromatic nitrogens is 1. The van der Waals surface area contributed by atoms with Crippen LogP contribution in [0.15, 0.2) is 42.6 Å². The number of amides is 1. The molecule has 27 heavy (non-hydrogen) atoms. The topological polar surface area (TPSA) is 45.2 Å². The van der Waals surface area contributed by atoms with Gasteiger partial charge in [-0.15, -0.1) is 0 Å². The highest BCUT2D eigenvalue weighted by atomic mass is 19.4. The minimum absolute atomic E-state index is 0.0776. The number of rotatable bonds is 2. The zero-order valence-corrected chi connectivity index (χ0v) is 14.9. The van der Waals surface area contributed by atoms with Gasteiger partial charge in [-0.1, -0.05) is 12.1 Å². The molecule has 2 atom stereocenters. The fourth-order valence-electron chi connectivity index (χ4n) is 4.08. The molecular formula is C20H20F3N3O. The van der Waals surface area contributed by atoms with Crippen LogP contribution >= 0.6 is 0 Å². The molecule has 4 rings (SSSR count). The molecule has 2 aliphatic heterocycles. The number of benzene rings is 1. The number of alkyl halides is 3. The largest absolute Gasteiger partial charge is 0.416 e. The van der Waals surface area contributed by atoms with Crippen molar-refractivity contribution in [2.45, 2.75) is 37.0 Å². The summed E-state index contributed by atoms with van der Waals surface area (Å²) in [6.07, 6.45) is -0.471. The smallest absolute Gasteiger partial charge is 0.344 e. The number of carbonyl (C=O) groups excluding carboxylic acids is 1. The van der Waals surface area contributed by atoms with Crippen LogP contribution in [0.25, 0.3) is 11.1 Å². The summed E-state index contributed by atoms with van der Waals surface area (Å²) in [7, 11) is 1.80. The number of likely N-dealkylation sites (N-methyl/N-ethyl adjacent to an activating group) is 1. The number of hydrogen-bond donors (Lipinski definition) is 1. The van der Waals surface area contributed by atoms with E-state index in [1.165, 1.54) is 6.07 Å². The summed E-state index contributed by atoms with van der Waals surface area (Å²) in [4.78, 5) is 18.6. The summed E-state index contributed by atoms with van der Waals surface area (Å²) in [6.45, 7) is 0.732. The molecule has 1 amide bonds. The molecule has 1 spiro atoms. The average molecular weight is 375 g/mol. The third kappa shape index (κ3) is 3.20. The lowest BCUT2D eigenvalue weighted by Gasteiger charge is -2.23. The fourth-order valence-corrected chi connectivity index (χ4v) is 4.08. The van der Waals surface area contributed by atoms with Crippen LogP contribution in [0.4, 0.5) is 13.2 Å². The van der Waals surface area contributed by atoms with Crippen LogP contribution in [-0.4, -0.2) is 34.9 Å². The SMILES string of the molecule is CN1CC[C@@]2(CC[C@H](c3cc(-c4cccc(C(F)(F)F)c4)ccn3)N2)C1=O. The van der Waals surface area contributed by atoms with Crippen molar-refractivity contribution in [3.05, 3.63) is 53.9 Å². The van der Waals surface area contributed by atoms with E-state index in [-0.39, 0.29) is 11.9 Å². The van der Waals surface area contributed by atoms with E-state index < -0.39 is 17.3 Å². The highest BCUT2D eigenvalue weighted by molar-refractivity contribution is 5.88. The van der Waals surface area contributed by atoms with E-state index in [0.717, 1.165) is 43.6 Å². The molecule has 7 heteroatoms. The predicted molar refractivity (Wildman–Crippen MR) is 94.8 cm³/mol. The van der Waals surface area contributed by atoms with E-state index in [1.807, 2.05) is 6.07 Å². The molecule has 1 aromatic carbocycles. The second-order valence-corrected chi connectivity index (χ2v) is 7.34. The van der Waals surface area contributed by atoms with Gasteiger partial charge < -0.3 is 4.90 Å². The summed E-state index contributed by atoms with van der Waals surface area (Å²) in [5.74, 6) is 0.110. The van der Waals surface area contributed by atoms with Gasteiger partial charge in [0.15, 0.2) is 0 Å². The number of hydrogen-bond acceptors (Lipinski definition) is 3. The van der Waals surface area contributed by atoms with E-state index in [0.29, 0.717) is 11.1 Å². The molecule has 2 fully saturated rings. The van der Waals surface area contributed by atoms with E-state index in [4.69, 9.17) is 0 Å². The molecule has 0 saturated carbocycles. The molecule has 3 heterocycles. The highest BCUT2D eigenvalue weighted by Crippen LogP contribution is 2.39. The Hall–Kier alpha value is -2.41. The monoisotopic (exact) mass is 375 g/mol. The lowest BCUT2D eigenvalue weighted by molar-refractivity contribution is -0.137. The molecule has 1 aromatic heterocycles. The van der Waals surface area contributed by atoms with E-state index >= 15 is 0 Å². The maximum absolute atomic E-state index is 13.0. The first-order valence-electron chi connectivity index (χ1n) is 8.95. The highest BCUT2D eigenvalue weighted by Gasteiger charge is 2.50. The van der Waals surface area contributed by atoms with Crippen molar-refractivity contribution in [2.75, 3.05) is 13.6 Å². The van der Waals surface area contributed by atoms with Gasteiger partial charge in [-0.3, -0.25) is 15.1 Å². The van der Waals surface area contributed by atoms with E-state index in [1.54, 1.807) is 30.3 Å². The van der Waals surface area contributed by atoms with Gasteiger partial charge in [0.05, 0.1) is 17.3 Å². The number of nitrogens with one attached hydrogen (secondary N) is 1. The Morgan fingerprint density at radius 2 is 1.96 bits per heavy atom. The van der Waals surface area contributed by atoms with E-state index in [9.17, 15) is 18.0 Å². The van der Waals surface area contributed by atoms with Gasteiger partial charge in [-0.05, 0) is 54.7 Å². The van der Waals surface area contributed by atoms with Crippen molar-refractivity contribution in [1.82, 2.24) is 15.2 Å². The van der Waals surface area contributed by atoms with Crippen molar-refractivity contribution in [3.63, 3.8) is 0 Å². The normalized spacial score (nSPS) is 25.6. The zero-order chi connectivity index (χ0) is 19.2. The lowest BCUT2D eigenvalue weighted by atomic mass is 9.96. The summed E-state index contributed by atoms with van der Waals surface area (Å²) >= 11 is 0. The van der Waals surface area contributed by atoms with Crippen LogP contribution < -0.4 is 5.32 Å². The lowest BCUT2D eigenvalue weighted by Crippen LogP contribution is -2.47. The Morgan fingerprint density at radius 3 is 2.67 bits per heavy atom. The minimum Gasteiger partial charge on any atom is -0.344 e. The van der Waals surface area contributed by atoms with Crippen LogP contribution in [-0.2, 0) is 11.0 Å². The Morgan fingerprint density at radius 1 is 1.19 bits per heavy atom. The van der Waals surface area contributed by atoms with Crippen molar-refractivity contribution in [3.8, 4) is 11.1 Å². The predicted octanol–water partition coefficient (Wildman–Crippen LogP) is 3.79. The van der Waals surface area contributed by atoms with Gasteiger partial charge in [-0.2, -0.15) is 13.2 Å². The summed E-state index contributed by atoms with van der Waals surface area (Å²) in [5, 5.41) is 3.44. The second kappa shape index (κ2) is 6.34. The molecule has 0 radical (unpaired) electrons. The van der Waals surface area contributed by atoms with Crippen LogP contribution in [0.5, 0.6) is 0 Å². The maximum atomic E-state index is 13.0. The van der Waals surface area contributed by atoms with Crippen molar-refractivity contribution >= 4 is 5.91 Å². The maximum Gasteiger partial charge on any atom is 0.416 e.